The summed E-state index contributed by atoms with van der Waals surface area (Å²) >= 11 is 0. The van der Waals surface area contributed by atoms with Gasteiger partial charge in [0.2, 0.25) is 0 Å². The van der Waals surface area contributed by atoms with Gasteiger partial charge in [0.1, 0.15) is 0 Å². The van der Waals surface area contributed by atoms with Crippen molar-refractivity contribution in [3.63, 3.8) is 0 Å². The predicted octanol–water partition coefficient (Wildman–Crippen LogP) is 0.520. The van der Waals surface area contributed by atoms with E-state index in [1.807, 2.05) is 19.0 Å². The standard InChI is InChI=1S/C13H26N4O/c1-14-10-3-5-11(6-4-10)16-13(18)17-8-7-12(9-17)15-2/h10-12,14-15H,3-9H2,1-2H3,(H,16,18)/t10-,11-,12-/m1/s1. The van der Waals surface area contributed by atoms with Crippen molar-refractivity contribution >= 4 is 6.03 Å². The average Bonchev–Trinajstić information content (AvgIpc) is 2.88. The fourth-order valence-electron chi connectivity index (χ4n) is 2.97. The van der Waals surface area contributed by atoms with E-state index in [9.17, 15) is 4.79 Å². The van der Waals surface area contributed by atoms with E-state index in [2.05, 4.69) is 16.0 Å². The van der Waals surface area contributed by atoms with Crippen molar-refractivity contribution in [3.8, 4) is 0 Å². The summed E-state index contributed by atoms with van der Waals surface area (Å²) in [6.45, 7) is 1.72. The number of hydrogen-bond donors (Lipinski definition) is 3. The molecular weight excluding hydrogens is 228 g/mol. The van der Waals surface area contributed by atoms with Gasteiger partial charge in [0.05, 0.1) is 0 Å². The lowest BCUT2D eigenvalue weighted by molar-refractivity contribution is 0.197. The monoisotopic (exact) mass is 254 g/mol. The van der Waals surface area contributed by atoms with E-state index in [4.69, 9.17) is 0 Å². The van der Waals surface area contributed by atoms with Crippen LogP contribution in [0.25, 0.3) is 0 Å². The summed E-state index contributed by atoms with van der Waals surface area (Å²) < 4.78 is 0. The minimum atomic E-state index is 0.126. The Morgan fingerprint density at radius 1 is 0.944 bits per heavy atom. The molecule has 0 aromatic heterocycles. The van der Waals surface area contributed by atoms with Gasteiger partial charge in [-0.05, 0) is 46.2 Å². The van der Waals surface area contributed by atoms with Crippen LogP contribution in [0.3, 0.4) is 0 Å². The minimum absolute atomic E-state index is 0.126. The highest BCUT2D eigenvalue weighted by Crippen LogP contribution is 2.19. The quantitative estimate of drug-likeness (QED) is 0.688. The van der Waals surface area contributed by atoms with Gasteiger partial charge < -0.3 is 20.9 Å². The second kappa shape index (κ2) is 6.38. The second-order valence-corrected chi connectivity index (χ2v) is 5.51. The maximum Gasteiger partial charge on any atom is 0.317 e. The highest BCUT2D eigenvalue weighted by molar-refractivity contribution is 5.74. The molecule has 0 bridgehead atoms. The van der Waals surface area contributed by atoms with Crippen LogP contribution < -0.4 is 16.0 Å². The highest BCUT2D eigenvalue weighted by atomic mass is 16.2. The number of nitrogens with zero attached hydrogens (tertiary/aromatic N) is 1. The molecule has 0 unspecified atom stereocenters. The van der Waals surface area contributed by atoms with Crippen LogP contribution in [-0.2, 0) is 0 Å². The highest BCUT2D eigenvalue weighted by Gasteiger charge is 2.27. The molecule has 1 aliphatic heterocycles. The Morgan fingerprint density at radius 2 is 1.56 bits per heavy atom. The minimum Gasteiger partial charge on any atom is -0.335 e. The molecule has 3 N–H and O–H groups in total. The third kappa shape index (κ3) is 3.36. The number of carbonyl (C=O) groups is 1. The molecule has 1 saturated heterocycles. The SMILES string of the molecule is CN[C@@H]1CCN(C(=O)N[C@H]2CC[C@H](NC)CC2)C1. The molecule has 2 aliphatic rings. The number of nitrogens with one attached hydrogen (secondary N) is 3. The summed E-state index contributed by atoms with van der Waals surface area (Å²) in [5.41, 5.74) is 0. The maximum atomic E-state index is 12.1. The van der Waals surface area contributed by atoms with Gasteiger partial charge in [-0.15, -0.1) is 0 Å². The van der Waals surface area contributed by atoms with Gasteiger partial charge in [-0.2, -0.15) is 0 Å². The number of urea groups is 1. The lowest BCUT2D eigenvalue weighted by Gasteiger charge is -2.30. The molecule has 2 fully saturated rings. The Bertz CT molecular complexity index is 276. The van der Waals surface area contributed by atoms with E-state index in [1.165, 1.54) is 12.8 Å². The van der Waals surface area contributed by atoms with Gasteiger partial charge in [0.15, 0.2) is 0 Å². The Balaban J connectivity index is 1.72. The fourth-order valence-corrected chi connectivity index (χ4v) is 2.97. The van der Waals surface area contributed by atoms with Crippen molar-refractivity contribution < 1.29 is 4.79 Å². The number of amides is 2. The van der Waals surface area contributed by atoms with Crippen molar-refractivity contribution in [2.75, 3.05) is 27.2 Å². The first kappa shape index (κ1) is 13.6. The van der Waals surface area contributed by atoms with E-state index in [0.717, 1.165) is 32.4 Å². The Labute approximate surface area is 110 Å². The Morgan fingerprint density at radius 3 is 2.11 bits per heavy atom. The first-order valence-corrected chi connectivity index (χ1v) is 7.13. The van der Waals surface area contributed by atoms with Crippen LogP contribution >= 0.6 is 0 Å². The van der Waals surface area contributed by atoms with E-state index in [1.54, 1.807) is 0 Å². The molecule has 1 atom stereocenters. The van der Waals surface area contributed by atoms with Crippen LogP contribution in [0.5, 0.6) is 0 Å². The van der Waals surface area contributed by atoms with Crippen molar-refractivity contribution in [3.05, 3.63) is 0 Å². The summed E-state index contributed by atoms with van der Waals surface area (Å²) in [7, 11) is 3.98. The van der Waals surface area contributed by atoms with E-state index < -0.39 is 0 Å². The molecule has 1 heterocycles. The molecule has 5 heteroatoms. The normalized spacial score (nSPS) is 32.6. The van der Waals surface area contributed by atoms with Crippen molar-refractivity contribution in [2.24, 2.45) is 0 Å². The Kier molecular flexibility index (Phi) is 4.83. The molecule has 0 radical (unpaired) electrons. The first-order valence-electron chi connectivity index (χ1n) is 7.13. The second-order valence-electron chi connectivity index (χ2n) is 5.51. The van der Waals surface area contributed by atoms with Crippen LogP contribution in [0.2, 0.25) is 0 Å². The van der Waals surface area contributed by atoms with Crippen LogP contribution in [0.15, 0.2) is 0 Å². The molecule has 0 spiro atoms. The summed E-state index contributed by atoms with van der Waals surface area (Å²) in [6.07, 6.45) is 5.60. The smallest absolute Gasteiger partial charge is 0.317 e. The third-order valence-electron chi connectivity index (χ3n) is 4.35. The van der Waals surface area contributed by atoms with Crippen LogP contribution in [-0.4, -0.2) is 56.2 Å². The predicted molar refractivity (Wildman–Crippen MR) is 72.7 cm³/mol. The van der Waals surface area contributed by atoms with Crippen molar-refractivity contribution in [1.82, 2.24) is 20.9 Å². The third-order valence-corrected chi connectivity index (χ3v) is 4.35. The summed E-state index contributed by atoms with van der Waals surface area (Å²) in [4.78, 5) is 14.0. The van der Waals surface area contributed by atoms with Crippen LogP contribution in [0.4, 0.5) is 4.79 Å². The van der Waals surface area contributed by atoms with Crippen LogP contribution in [0, 0.1) is 0 Å². The molecule has 0 aromatic carbocycles. The summed E-state index contributed by atoms with van der Waals surface area (Å²) in [6, 6.07) is 1.60. The number of likely N-dealkylation sites (N-methyl/N-ethyl adjacent to an activating group) is 1. The zero-order valence-electron chi connectivity index (χ0n) is 11.5. The lowest BCUT2D eigenvalue weighted by atomic mass is 9.91. The number of rotatable bonds is 3. The van der Waals surface area contributed by atoms with Crippen LogP contribution in [0.1, 0.15) is 32.1 Å². The number of hydrogen-bond acceptors (Lipinski definition) is 3. The molecular formula is C13H26N4O. The largest absolute Gasteiger partial charge is 0.335 e. The zero-order chi connectivity index (χ0) is 13.0. The number of carbonyl (C=O) groups excluding carboxylic acids is 1. The molecule has 5 nitrogen and oxygen atoms in total. The summed E-state index contributed by atoms with van der Waals surface area (Å²) in [5.74, 6) is 0. The van der Waals surface area contributed by atoms with Gasteiger partial charge in [0.25, 0.3) is 0 Å². The van der Waals surface area contributed by atoms with E-state index in [-0.39, 0.29) is 6.03 Å². The maximum absolute atomic E-state index is 12.1. The molecule has 104 valence electrons. The van der Waals surface area contributed by atoms with E-state index in [0.29, 0.717) is 18.1 Å². The first-order chi connectivity index (χ1) is 8.72. The lowest BCUT2D eigenvalue weighted by Crippen LogP contribution is -2.47. The average molecular weight is 254 g/mol. The number of likely N-dealkylation sites (tertiary alicyclic amines) is 1. The van der Waals surface area contributed by atoms with Gasteiger partial charge >= 0.3 is 6.03 Å². The summed E-state index contributed by atoms with van der Waals surface area (Å²) in [5, 5.41) is 9.73. The van der Waals surface area contributed by atoms with E-state index >= 15 is 0 Å². The van der Waals surface area contributed by atoms with Gasteiger partial charge in [-0.25, -0.2) is 4.79 Å². The molecule has 2 amide bonds. The molecule has 1 aliphatic carbocycles. The van der Waals surface area contributed by atoms with Gasteiger partial charge in [-0.3, -0.25) is 0 Å². The van der Waals surface area contributed by atoms with Gasteiger partial charge in [0, 0.05) is 31.2 Å². The zero-order valence-corrected chi connectivity index (χ0v) is 11.5. The molecule has 0 aromatic rings. The van der Waals surface area contributed by atoms with Gasteiger partial charge in [-0.1, -0.05) is 0 Å². The molecule has 18 heavy (non-hydrogen) atoms. The van der Waals surface area contributed by atoms with Crippen molar-refractivity contribution in [1.29, 1.82) is 0 Å². The fraction of sp³-hybridized carbons (Fsp3) is 0.923. The Hall–Kier alpha value is -0.810. The molecule has 2 rings (SSSR count). The molecule has 1 saturated carbocycles. The van der Waals surface area contributed by atoms with Crippen molar-refractivity contribution in [2.45, 2.75) is 50.2 Å². The topological polar surface area (TPSA) is 56.4 Å².